The number of rotatable bonds is 4. The molecular formula is C11H22. The molecule has 0 aliphatic rings. The third-order valence-corrected chi connectivity index (χ3v) is 2.33. The lowest BCUT2D eigenvalue weighted by Gasteiger charge is -2.21. The molecule has 66 valence electrons. The fourth-order valence-corrected chi connectivity index (χ4v) is 0.928. The second-order valence-corrected chi connectivity index (χ2v) is 4.34. The Bertz CT molecular complexity index is 125. The maximum atomic E-state index is 2.34. The first-order valence-corrected chi connectivity index (χ1v) is 4.61. The second kappa shape index (κ2) is 4.58. The van der Waals surface area contributed by atoms with E-state index in [9.17, 15) is 0 Å². The van der Waals surface area contributed by atoms with Crippen LogP contribution in [0.15, 0.2) is 11.6 Å². The topological polar surface area (TPSA) is 0 Å². The van der Waals surface area contributed by atoms with Gasteiger partial charge in [0.2, 0.25) is 0 Å². The molecule has 0 fully saturated rings. The van der Waals surface area contributed by atoms with E-state index < -0.39 is 0 Å². The summed E-state index contributed by atoms with van der Waals surface area (Å²) >= 11 is 0. The van der Waals surface area contributed by atoms with Gasteiger partial charge in [0.25, 0.3) is 0 Å². The van der Waals surface area contributed by atoms with Gasteiger partial charge in [-0.15, -0.1) is 0 Å². The Morgan fingerprint density at radius 3 is 2.18 bits per heavy atom. The molecule has 0 spiro atoms. The van der Waals surface area contributed by atoms with Gasteiger partial charge in [0.1, 0.15) is 0 Å². The normalized spacial score (nSPS) is 11.4. The standard InChI is InChI=1S/C11H22/c1-6-11(4,5)9-7-8-10(2)3/h8H,6-7,9H2,1-5H3. The highest BCUT2D eigenvalue weighted by Gasteiger charge is 2.12. The molecule has 0 radical (unpaired) electrons. The Kier molecular flexibility index (Phi) is 4.48. The van der Waals surface area contributed by atoms with Gasteiger partial charge in [-0.1, -0.05) is 38.8 Å². The Labute approximate surface area is 71.7 Å². The number of hydrogen-bond acceptors (Lipinski definition) is 0. The van der Waals surface area contributed by atoms with Crippen molar-refractivity contribution in [3.8, 4) is 0 Å². The largest absolute Gasteiger partial charge is 0.0859 e. The monoisotopic (exact) mass is 154 g/mol. The van der Waals surface area contributed by atoms with E-state index in [4.69, 9.17) is 0 Å². The summed E-state index contributed by atoms with van der Waals surface area (Å²) < 4.78 is 0. The molecule has 0 unspecified atom stereocenters. The average molecular weight is 154 g/mol. The van der Waals surface area contributed by atoms with Crippen molar-refractivity contribution < 1.29 is 0 Å². The zero-order valence-electron chi connectivity index (χ0n) is 8.70. The maximum absolute atomic E-state index is 2.34. The Morgan fingerprint density at radius 1 is 1.27 bits per heavy atom. The zero-order chi connectivity index (χ0) is 8.91. The zero-order valence-corrected chi connectivity index (χ0v) is 8.70. The summed E-state index contributed by atoms with van der Waals surface area (Å²) in [5.41, 5.74) is 1.98. The van der Waals surface area contributed by atoms with Crippen molar-refractivity contribution in [3.63, 3.8) is 0 Å². The summed E-state index contributed by atoms with van der Waals surface area (Å²) in [7, 11) is 0. The van der Waals surface area contributed by atoms with Crippen LogP contribution in [0.4, 0.5) is 0 Å². The highest BCUT2D eigenvalue weighted by atomic mass is 14.2. The van der Waals surface area contributed by atoms with Crippen molar-refractivity contribution in [2.75, 3.05) is 0 Å². The molecule has 0 aromatic heterocycles. The molecule has 0 N–H and O–H groups in total. The molecule has 0 saturated heterocycles. The van der Waals surface area contributed by atoms with Gasteiger partial charge in [-0.05, 0) is 32.1 Å². The molecule has 0 heteroatoms. The Morgan fingerprint density at radius 2 is 1.82 bits per heavy atom. The summed E-state index contributed by atoms with van der Waals surface area (Å²) in [4.78, 5) is 0. The van der Waals surface area contributed by atoms with Crippen LogP contribution in [0.25, 0.3) is 0 Å². The molecule has 0 amide bonds. The molecule has 0 heterocycles. The van der Waals surface area contributed by atoms with Gasteiger partial charge in [0.05, 0.1) is 0 Å². The first-order valence-electron chi connectivity index (χ1n) is 4.61. The van der Waals surface area contributed by atoms with E-state index in [-0.39, 0.29) is 0 Å². The van der Waals surface area contributed by atoms with E-state index in [1.165, 1.54) is 24.8 Å². The van der Waals surface area contributed by atoms with Crippen LogP contribution in [0.2, 0.25) is 0 Å². The summed E-state index contributed by atoms with van der Waals surface area (Å²) in [6, 6.07) is 0. The summed E-state index contributed by atoms with van der Waals surface area (Å²) in [6.45, 7) is 11.3. The molecule has 0 nitrogen and oxygen atoms in total. The first-order chi connectivity index (χ1) is 4.98. The van der Waals surface area contributed by atoms with E-state index in [2.05, 4.69) is 40.7 Å². The van der Waals surface area contributed by atoms with Crippen LogP contribution in [-0.4, -0.2) is 0 Å². The van der Waals surface area contributed by atoms with E-state index >= 15 is 0 Å². The van der Waals surface area contributed by atoms with Crippen LogP contribution in [0.5, 0.6) is 0 Å². The molecule has 0 bridgehead atoms. The fourth-order valence-electron chi connectivity index (χ4n) is 0.928. The summed E-state index contributed by atoms with van der Waals surface area (Å²) in [5, 5.41) is 0. The SMILES string of the molecule is CCC(C)(C)CCC=C(C)C. The minimum Gasteiger partial charge on any atom is -0.0859 e. The van der Waals surface area contributed by atoms with Crippen molar-refractivity contribution in [2.45, 2.75) is 53.9 Å². The lowest BCUT2D eigenvalue weighted by atomic mass is 9.85. The predicted octanol–water partition coefficient (Wildman–Crippen LogP) is 4.17. The minimum absolute atomic E-state index is 0.534. The van der Waals surface area contributed by atoms with Crippen LogP contribution in [0.1, 0.15) is 53.9 Å². The van der Waals surface area contributed by atoms with Gasteiger partial charge in [0, 0.05) is 0 Å². The van der Waals surface area contributed by atoms with Crippen LogP contribution >= 0.6 is 0 Å². The van der Waals surface area contributed by atoms with Crippen LogP contribution in [0.3, 0.4) is 0 Å². The van der Waals surface area contributed by atoms with Crippen LogP contribution in [-0.2, 0) is 0 Å². The van der Waals surface area contributed by atoms with Crippen molar-refractivity contribution in [2.24, 2.45) is 5.41 Å². The molecule has 0 saturated carbocycles. The molecule has 0 aromatic carbocycles. The molecule has 0 aliphatic carbocycles. The van der Waals surface area contributed by atoms with Gasteiger partial charge >= 0.3 is 0 Å². The third-order valence-electron chi connectivity index (χ3n) is 2.33. The first kappa shape index (κ1) is 10.7. The minimum atomic E-state index is 0.534. The molecule has 0 rings (SSSR count). The smallest absolute Gasteiger partial charge is 0.0343 e. The highest BCUT2D eigenvalue weighted by Crippen LogP contribution is 2.26. The average Bonchev–Trinajstić information content (AvgIpc) is 1.87. The van der Waals surface area contributed by atoms with E-state index in [0.717, 1.165) is 0 Å². The van der Waals surface area contributed by atoms with Crippen molar-refractivity contribution >= 4 is 0 Å². The van der Waals surface area contributed by atoms with Crippen molar-refractivity contribution in [1.29, 1.82) is 0 Å². The fraction of sp³-hybridized carbons (Fsp3) is 0.818. The molecule has 0 aromatic rings. The van der Waals surface area contributed by atoms with E-state index in [1.807, 2.05) is 0 Å². The van der Waals surface area contributed by atoms with Crippen LogP contribution < -0.4 is 0 Å². The Balaban J connectivity index is 3.62. The predicted molar refractivity (Wildman–Crippen MR) is 52.7 cm³/mol. The quantitative estimate of drug-likeness (QED) is 0.533. The molecular weight excluding hydrogens is 132 g/mol. The number of hydrogen-bond donors (Lipinski definition) is 0. The van der Waals surface area contributed by atoms with Gasteiger partial charge in [-0.2, -0.15) is 0 Å². The van der Waals surface area contributed by atoms with Crippen molar-refractivity contribution in [3.05, 3.63) is 11.6 Å². The number of allylic oxidation sites excluding steroid dienone is 2. The van der Waals surface area contributed by atoms with E-state index in [1.54, 1.807) is 0 Å². The van der Waals surface area contributed by atoms with E-state index in [0.29, 0.717) is 5.41 Å². The maximum Gasteiger partial charge on any atom is -0.0343 e. The van der Waals surface area contributed by atoms with Gasteiger partial charge in [-0.25, -0.2) is 0 Å². The summed E-state index contributed by atoms with van der Waals surface area (Å²) in [6.07, 6.45) is 6.17. The third kappa shape index (κ3) is 6.15. The molecule has 0 aliphatic heterocycles. The van der Waals surface area contributed by atoms with Crippen molar-refractivity contribution in [1.82, 2.24) is 0 Å². The van der Waals surface area contributed by atoms with Gasteiger partial charge in [0.15, 0.2) is 0 Å². The summed E-state index contributed by atoms with van der Waals surface area (Å²) in [5.74, 6) is 0. The molecule has 0 atom stereocenters. The van der Waals surface area contributed by atoms with Gasteiger partial charge in [-0.3, -0.25) is 0 Å². The Hall–Kier alpha value is -0.260. The lowest BCUT2D eigenvalue weighted by molar-refractivity contribution is 0.325. The lowest BCUT2D eigenvalue weighted by Crippen LogP contribution is -2.08. The second-order valence-electron chi connectivity index (χ2n) is 4.34. The van der Waals surface area contributed by atoms with Gasteiger partial charge < -0.3 is 0 Å². The molecule has 11 heavy (non-hydrogen) atoms. The highest BCUT2D eigenvalue weighted by molar-refractivity contribution is 4.93. The van der Waals surface area contributed by atoms with Crippen LogP contribution in [0, 0.1) is 5.41 Å².